The summed E-state index contributed by atoms with van der Waals surface area (Å²) in [5, 5.41) is 10.9. The fourth-order valence-corrected chi connectivity index (χ4v) is 6.73. The van der Waals surface area contributed by atoms with E-state index in [2.05, 4.69) is 44.3 Å². The number of pyridine rings is 1. The van der Waals surface area contributed by atoms with E-state index in [1.54, 1.807) is 6.20 Å². The standard InChI is InChI=1S/C28H46N4O5Si2/c1-38(2,3)15-13-36-19-30-12-11-23-25-24(17-29-26(23)30)27(34)31(20-37-14-16-39(4,5)6)28(35)32(25)22-9-7-21(18-33)8-10-22/h11-12,17,21-22,33H,7-10,13-16,18-20H2,1-6H3/t21-,22-. The van der Waals surface area contributed by atoms with Crippen molar-refractivity contribution in [1.29, 1.82) is 0 Å². The lowest BCUT2D eigenvalue weighted by molar-refractivity contribution is 0.0799. The molecule has 1 fully saturated rings. The average Bonchev–Trinajstić information content (AvgIpc) is 3.28. The molecule has 0 unspecified atom stereocenters. The fourth-order valence-electron chi connectivity index (χ4n) is 5.22. The summed E-state index contributed by atoms with van der Waals surface area (Å²) in [7, 11) is -2.49. The first-order chi connectivity index (χ1) is 18.4. The minimum absolute atomic E-state index is 0.0569. The highest BCUT2D eigenvalue weighted by Gasteiger charge is 2.27. The molecule has 0 bridgehead atoms. The van der Waals surface area contributed by atoms with E-state index in [1.807, 2.05) is 21.4 Å². The first-order valence-electron chi connectivity index (χ1n) is 14.3. The van der Waals surface area contributed by atoms with E-state index in [-0.39, 0.29) is 36.5 Å². The molecular weight excluding hydrogens is 529 g/mol. The van der Waals surface area contributed by atoms with E-state index in [0.717, 1.165) is 43.2 Å². The zero-order chi connectivity index (χ0) is 28.4. The summed E-state index contributed by atoms with van der Waals surface area (Å²) in [5.74, 6) is 0.259. The van der Waals surface area contributed by atoms with Crippen LogP contribution in [0.25, 0.3) is 21.9 Å². The largest absolute Gasteiger partial charge is 0.396 e. The molecule has 3 aromatic rings. The number of ether oxygens (including phenoxy) is 2. The number of rotatable bonds is 12. The Balaban J connectivity index is 1.74. The second kappa shape index (κ2) is 12.2. The highest BCUT2D eigenvalue weighted by Crippen LogP contribution is 2.34. The van der Waals surface area contributed by atoms with Crippen molar-refractivity contribution >= 4 is 38.1 Å². The van der Waals surface area contributed by atoms with Crippen LogP contribution < -0.4 is 11.2 Å². The van der Waals surface area contributed by atoms with Crippen LogP contribution in [-0.2, 0) is 22.9 Å². The van der Waals surface area contributed by atoms with Gasteiger partial charge in [0.1, 0.15) is 19.1 Å². The molecule has 0 radical (unpaired) electrons. The smallest absolute Gasteiger partial charge is 0.333 e. The van der Waals surface area contributed by atoms with Gasteiger partial charge in [0, 0.05) is 59.8 Å². The molecule has 0 aromatic carbocycles. The normalized spacial score (nSPS) is 18.8. The Morgan fingerprint density at radius 1 is 0.923 bits per heavy atom. The Kier molecular flexibility index (Phi) is 9.37. The molecule has 0 saturated heterocycles. The molecule has 1 N–H and O–H groups in total. The highest BCUT2D eigenvalue weighted by atomic mass is 28.3. The van der Waals surface area contributed by atoms with E-state index in [4.69, 9.17) is 9.47 Å². The van der Waals surface area contributed by atoms with Gasteiger partial charge in [-0.2, -0.15) is 0 Å². The van der Waals surface area contributed by atoms with Crippen molar-refractivity contribution in [2.75, 3.05) is 19.8 Å². The summed E-state index contributed by atoms with van der Waals surface area (Å²) < 4.78 is 16.8. The Labute approximate surface area is 232 Å². The third-order valence-electron chi connectivity index (χ3n) is 7.80. The van der Waals surface area contributed by atoms with Crippen LogP contribution in [0.3, 0.4) is 0 Å². The number of aliphatic hydroxyl groups is 1. The van der Waals surface area contributed by atoms with Gasteiger partial charge in [-0.1, -0.05) is 39.3 Å². The maximum atomic E-state index is 14.0. The minimum atomic E-state index is -1.30. The van der Waals surface area contributed by atoms with Crippen LogP contribution in [0.1, 0.15) is 31.7 Å². The molecule has 1 aliphatic carbocycles. The molecule has 9 nitrogen and oxygen atoms in total. The average molecular weight is 575 g/mol. The zero-order valence-electron chi connectivity index (χ0n) is 24.5. The predicted octanol–water partition coefficient (Wildman–Crippen LogP) is 4.86. The second-order valence-electron chi connectivity index (χ2n) is 13.5. The zero-order valence-corrected chi connectivity index (χ0v) is 26.5. The Morgan fingerprint density at radius 2 is 1.54 bits per heavy atom. The summed E-state index contributed by atoms with van der Waals surface area (Å²) >= 11 is 0. The molecule has 3 heterocycles. The number of nitrogens with zero attached hydrogens (tertiary/aromatic N) is 4. The number of aliphatic hydroxyl groups excluding tert-OH is 1. The molecule has 216 valence electrons. The number of hydrogen-bond acceptors (Lipinski definition) is 6. The molecule has 1 saturated carbocycles. The quantitative estimate of drug-likeness (QED) is 0.245. The number of hydrogen-bond donors (Lipinski definition) is 1. The van der Waals surface area contributed by atoms with Crippen LogP contribution in [-0.4, -0.2) is 59.8 Å². The van der Waals surface area contributed by atoms with Gasteiger partial charge in [0.15, 0.2) is 0 Å². The number of aromatic nitrogens is 4. The summed E-state index contributed by atoms with van der Waals surface area (Å²) in [4.78, 5) is 32.2. The van der Waals surface area contributed by atoms with Crippen molar-refractivity contribution in [3.05, 3.63) is 39.3 Å². The van der Waals surface area contributed by atoms with Crippen LogP contribution in [0.4, 0.5) is 0 Å². The van der Waals surface area contributed by atoms with Gasteiger partial charge >= 0.3 is 5.69 Å². The second-order valence-corrected chi connectivity index (χ2v) is 24.7. The molecule has 11 heteroatoms. The van der Waals surface area contributed by atoms with Crippen molar-refractivity contribution in [3.8, 4) is 0 Å². The van der Waals surface area contributed by atoms with Gasteiger partial charge in [-0.15, -0.1) is 0 Å². The molecule has 1 aliphatic rings. The van der Waals surface area contributed by atoms with Gasteiger partial charge < -0.3 is 19.1 Å². The Hall–Kier alpha value is -2.06. The van der Waals surface area contributed by atoms with E-state index in [1.165, 1.54) is 4.57 Å². The molecule has 0 aliphatic heterocycles. The van der Waals surface area contributed by atoms with Crippen molar-refractivity contribution in [1.82, 2.24) is 18.7 Å². The first kappa shape index (κ1) is 29.9. The molecule has 4 rings (SSSR count). The topological polar surface area (TPSA) is 101 Å². The van der Waals surface area contributed by atoms with Gasteiger partial charge in [0.2, 0.25) is 0 Å². The van der Waals surface area contributed by atoms with Gasteiger partial charge in [-0.3, -0.25) is 9.36 Å². The van der Waals surface area contributed by atoms with Crippen molar-refractivity contribution in [2.24, 2.45) is 5.92 Å². The fraction of sp³-hybridized carbons (Fsp3) is 0.679. The van der Waals surface area contributed by atoms with E-state index >= 15 is 0 Å². The van der Waals surface area contributed by atoms with Crippen LogP contribution in [0.5, 0.6) is 0 Å². The maximum Gasteiger partial charge on any atom is 0.333 e. The molecular formula is C28H46N4O5Si2. The van der Waals surface area contributed by atoms with Gasteiger partial charge in [-0.05, 0) is 49.8 Å². The Bertz CT molecular complexity index is 1390. The third kappa shape index (κ3) is 7.18. The van der Waals surface area contributed by atoms with E-state index in [0.29, 0.717) is 36.5 Å². The lowest BCUT2D eigenvalue weighted by Crippen LogP contribution is -2.43. The monoisotopic (exact) mass is 574 g/mol. The van der Waals surface area contributed by atoms with Crippen LogP contribution in [0, 0.1) is 5.92 Å². The van der Waals surface area contributed by atoms with Crippen LogP contribution in [0.2, 0.25) is 51.4 Å². The minimum Gasteiger partial charge on any atom is -0.396 e. The van der Waals surface area contributed by atoms with Gasteiger partial charge in [-0.25, -0.2) is 14.3 Å². The van der Waals surface area contributed by atoms with Crippen LogP contribution >= 0.6 is 0 Å². The van der Waals surface area contributed by atoms with Crippen molar-refractivity contribution < 1.29 is 14.6 Å². The summed E-state index contributed by atoms with van der Waals surface area (Å²) in [6.07, 6.45) is 6.78. The molecule has 0 atom stereocenters. The van der Waals surface area contributed by atoms with E-state index < -0.39 is 16.1 Å². The van der Waals surface area contributed by atoms with E-state index in [9.17, 15) is 14.7 Å². The molecule has 39 heavy (non-hydrogen) atoms. The number of fused-ring (bicyclic) bond motifs is 3. The van der Waals surface area contributed by atoms with Gasteiger partial charge in [0.25, 0.3) is 5.56 Å². The molecule has 0 amide bonds. The van der Waals surface area contributed by atoms with Crippen molar-refractivity contribution in [3.63, 3.8) is 0 Å². The van der Waals surface area contributed by atoms with Crippen LogP contribution in [0.15, 0.2) is 28.0 Å². The summed E-state index contributed by atoms with van der Waals surface area (Å²) in [5.41, 5.74) is 0.648. The van der Waals surface area contributed by atoms with Crippen molar-refractivity contribution in [2.45, 2.75) is 96.6 Å². The molecule has 3 aromatic heterocycles. The summed E-state index contributed by atoms with van der Waals surface area (Å²) in [6.45, 7) is 15.5. The summed E-state index contributed by atoms with van der Waals surface area (Å²) in [6, 6.07) is 3.93. The predicted molar refractivity (Wildman–Crippen MR) is 162 cm³/mol. The first-order valence-corrected chi connectivity index (χ1v) is 21.7. The maximum absolute atomic E-state index is 14.0. The highest BCUT2D eigenvalue weighted by molar-refractivity contribution is 6.76. The third-order valence-corrected chi connectivity index (χ3v) is 11.2. The lowest BCUT2D eigenvalue weighted by Gasteiger charge is -2.30. The van der Waals surface area contributed by atoms with Gasteiger partial charge in [0.05, 0.1) is 10.9 Å². The SMILES string of the molecule is C[Si](C)(C)CCOCn1c(=O)c2cnc3c(ccn3COCC[Si](C)(C)C)c2n([C@H]2CC[C@H](CO)CC2)c1=O. The lowest BCUT2D eigenvalue weighted by atomic mass is 9.86. The Morgan fingerprint density at radius 3 is 2.13 bits per heavy atom. The molecule has 0 spiro atoms.